The van der Waals surface area contributed by atoms with E-state index >= 15 is 0 Å². The molecule has 3 saturated heterocycles. The molecule has 9 nitrogen and oxygen atoms in total. The van der Waals surface area contributed by atoms with Crippen molar-refractivity contribution >= 4 is 45.1 Å². The molecule has 3 aliphatic rings. The first-order valence-corrected chi connectivity index (χ1v) is 15.0. The lowest BCUT2D eigenvalue weighted by Crippen LogP contribution is -2.57. The number of hydrogen-bond acceptors (Lipinski definition) is 6. The SMILES string of the molecule is C=CCN(C(=O)C1N([C@H](CO)c2ccccc2)C(=O)[C@@H]2[C@H](C(=O)O)[C@H]3OC12CC3Br)c1ccc(N(CC)CC)cc1. The molecule has 0 saturated carbocycles. The second kappa shape index (κ2) is 11.6. The second-order valence-electron chi connectivity index (χ2n) is 10.8. The van der Waals surface area contributed by atoms with E-state index in [1.165, 1.54) is 4.90 Å². The Morgan fingerprint density at radius 2 is 1.78 bits per heavy atom. The van der Waals surface area contributed by atoms with E-state index in [9.17, 15) is 24.6 Å². The van der Waals surface area contributed by atoms with Gasteiger partial charge in [0, 0.05) is 35.8 Å². The van der Waals surface area contributed by atoms with Crippen LogP contribution in [0.2, 0.25) is 0 Å². The molecule has 218 valence electrons. The third kappa shape index (κ3) is 4.66. The van der Waals surface area contributed by atoms with Gasteiger partial charge < -0.3 is 29.6 Å². The zero-order chi connectivity index (χ0) is 29.5. The minimum atomic E-state index is -1.36. The maximum atomic E-state index is 14.7. The Kier molecular flexibility index (Phi) is 8.27. The molecule has 0 aromatic heterocycles. The molecule has 3 fully saturated rings. The summed E-state index contributed by atoms with van der Waals surface area (Å²) in [6, 6.07) is 14.6. The number of nitrogens with zero attached hydrogens (tertiary/aromatic N) is 3. The summed E-state index contributed by atoms with van der Waals surface area (Å²) in [5, 5.41) is 20.8. The molecule has 1 spiro atoms. The quantitative estimate of drug-likeness (QED) is 0.290. The van der Waals surface area contributed by atoms with Crippen molar-refractivity contribution in [3.63, 3.8) is 0 Å². The van der Waals surface area contributed by atoms with Crippen LogP contribution in [0.5, 0.6) is 0 Å². The highest BCUT2D eigenvalue weighted by atomic mass is 79.9. The number of anilines is 2. The number of benzene rings is 2. The number of ether oxygens (including phenoxy) is 1. The van der Waals surface area contributed by atoms with Crippen LogP contribution < -0.4 is 9.80 Å². The fourth-order valence-corrected chi connectivity index (χ4v) is 7.97. The Balaban J connectivity index is 1.62. The number of aliphatic carboxylic acids is 1. The Hall–Kier alpha value is -3.21. The molecule has 2 N–H and O–H groups in total. The minimum Gasteiger partial charge on any atom is -0.481 e. The first-order chi connectivity index (χ1) is 19.7. The van der Waals surface area contributed by atoms with Crippen molar-refractivity contribution in [2.45, 2.75) is 48.9 Å². The summed E-state index contributed by atoms with van der Waals surface area (Å²) in [6.07, 6.45) is 1.16. The van der Waals surface area contributed by atoms with Crippen molar-refractivity contribution < 1.29 is 29.3 Å². The highest BCUT2D eigenvalue weighted by Crippen LogP contribution is 2.61. The van der Waals surface area contributed by atoms with Crippen molar-refractivity contribution in [2.75, 3.05) is 36.0 Å². The van der Waals surface area contributed by atoms with Gasteiger partial charge >= 0.3 is 5.97 Å². The average molecular weight is 627 g/mol. The molecule has 7 atom stereocenters. The zero-order valence-electron chi connectivity index (χ0n) is 23.2. The number of fused-ring (bicyclic) bond motifs is 1. The summed E-state index contributed by atoms with van der Waals surface area (Å²) in [4.78, 5) is 46.3. The number of carboxylic acid groups (broad SMARTS) is 1. The van der Waals surface area contributed by atoms with Gasteiger partial charge in [-0.05, 0) is 50.1 Å². The fraction of sp³-hybridized carbons (Fsp3) is 0.452. The molecule has 0 radical (unpaired) electrons. The van der Waals surface area contributed by atoms with E-state index in [0.29, 0.717) is 17.7 Å². The Morgan fingerprint density at radius 1 is 1.15 bits per heavy atom. The van der Waals surface area contributed by atoms with Gasteiger partial charge in [0.25, 0.3) is 5.91 Å². The van der Waals surface area contributed by atoms with Crippen LogP contribution in [-0.4, -0.2) is 81.7 Å². The van der Waals surface area contributed by atoms with Crippen LogP contribution in [0.1, 0.15) is 31.9 Å². The lowest BCUT2D eigenvalue weighted by atomic mass is 9.70. The molecular formula is C31H36BrN3O6. The number of halogens is 1. The van der Waals surface area contributed by atoms with Crippen LogP contribution in [0, 0.1) is 11.8 Å². The zero-order valence-corrected chi connectivity index (χ0v) is 24.8. The fourth-order valence-electron chi connectivity index (χ4n) is 7.03. The lowest BCUT2D eigenvalue weighted by molar-refractivity contribution is -0.151. The normalized spacial score (nSPS) is 28.8. The molecule has 2 aromatic carbocycles. The number of hydrogen-bond donors (Lipinski definition) is 2. The van der Waals surface area contributed by atoms with Gasteiger partial charge in [-0.25, -0.2) is 0 Å². The Morgan fingerprint density at radius 3 is 2.34 bits per heavy atom. The first kappa shape index (κ1) is 29.3. The molecule has 2 aromatic rings. The molecule has 2 bridgehead atoms. The van der Waals surface area contributed by atoms with E-state index in [1.54, 1.807) is 35.2 Å². The van der Waals surface area contributed by atoms with E-state index in [1.807, 2.05) is 30.3 Å². The topological polar surface area (TPSA) is 111 Å². The summed E-state index contributed by atoms with van der Waals surface area (Å²) in [5.41, 5.74) is 0.928. The number of aliphatic hydroxyl groups is 1. The summed E-state index contributed by atoms with van der Waals surface area (Å²) >= 11 is 3.59. The van der Waals surface area contributed by atoms with Gasteiger partial charge in [-0.15, -0.1) is 6.58 Å². The average Bonchev–Trinajstić information content (AvgIpc) is 3.57. The number of carbonyl (C=O) groups excluding carboxylic acids is 2. The van der Waals surface area contributed by atoms with E-state index in [0.717, 1.165) is 18.8 Å². The number of carboxylic acids is 1. The molecule has 3 aliphatic heterocycles. The van der Waals surface area contributed by atoms with Gasteiger partial charge in [-0.1, -0.05) is 52.3 Å². The van der Waals surface area contributed by atoms with Crippen LogP contribution in [-0.2, 0) is 19.1 Å². The molecule has 2 amide bonds. The predicted molar refractivity (Wildman–Crippen MR) is 159 cm³/mol. The first-order valence-electron chi connectivity index (χ1n) is 14.0. The highest BCUT2D eigenvalue weighted by molar-refractivity contribution is 9.09. The van der Waals surface area contributed by atoms with Crippen LogP contribution in [0.4, 0.5) is 11.4 Å². The number of rotatable bonds is 11. The lowest BCUT2D eigenvalue weighted by Gasteiger charge is -2.39. The predicted octanol–water partition coefficient (Wildman–Crippen LogP) is 3.62. The molecule has 41 heavy (non-hydrogen) atoms. The van der Waals surface area contributed by atoms with E-state index in [-0.39, 0.29) is 11.4 Å². The van der Waals surface area contributed by atoms with E-state index < -0.39 is 60.0 Å². The van der Waals surface area contributed by atoms with Gasteiger partial charge in [0.15, 0.2) is 0 Å². The molecule has 5 rings (SSSR count). The smallest absolute Gasteiger partial charge is 0.310 e. The van der Waals surface area contributed by atoms with Crippen LogP contribution in [0.15, 0.2) is 67.3 Å². The van der Waals surface area contributed by atoms with Crippen molar-refractivity contribution in [3.8, 4) is 0 Å². The highest BCUT2D eigenvalue weighted by Gasteiger charge is 2.77. The summed E-state index contributed by atoms with van der Waals surface area (Å²) in [7, 11) is 0. The monoisotopic (exact) mass is 625 g/mol. The maximum Gasteiger partial charge on any atom is 0.310 e. The summed E-state index contributed by atoms with van der Waals surface area (Å²) < 4.78 is 6.43. The Bertz CT molecular complexity index is 1300. The number of amides is 2. The van der Waals surface area contributed by atoms with Crippen molar-refractivity contribution in [3.05, 3.63) is 72.8 Å². The largest absolute Gasteiger partial charge is 0.481 e. The van der Waals surface area contributed by atoms with E-state index in [4.69, 9.17) is 4.74 Å². The summed E-state index contributed by atoms with van der Waals surface area (Å²) in [6.45, 7) is 9.42. The third-order valence-electron chi connectivity index (χ3n) is 8.81. The third-order valence-corrected chi connectivity index (χ3v) is 9.65. The standard InChI is InChI=1S/C31H36BrN3O6/c1-4-16-34(21-14-12-20(13-15-21)33(5-2)6-3)29(38)27-31-17-22(32)26(41-31)24(30(39)40)25(31)28(37)35(27)23(18-36)19-10-8-7-9-11-19/h4,7-15,22-27,36H,1,5-6,16-18H2,2-3H3,(H,39,40)/t22?,23-,24+,25+,26+,27?,31?/m1/s1. The number of alkyl halides is 1. The number of likely N-dealkylation sites (tertiary alicyclic amines) is 1. The molecule has 10 heteroatoms. The van der Waals surface area contributed by atoms with Crippen molar-refractivity contribution in [1.29, 1.82) is 0 Å². The number of carbonyl (C=O) groups is 3. The van der Waals surface area contributed by atoms with Gasteiger partial charge in [-0.3, -0.25) is 14.4 Å². The van der Waals surface area contributed by atoms with Crippen LogP contribution in [0.3, 0.4) is 0 Å². The minimum absolute atomic E-state index is 0.168. The van der Waals surface area contributed by atoms with Gasteiger partial charge in [0.2, 0.25) is 5.91 Å². The van der Waals surface area contributed by atoms with Gasteiger partial charge in [-0.2, -0.15) is 0 Å². The second-order valence-corrected chi connectivity index (χ2v) is 12.0. The molecule has 0 aliphatic carbocycles. The molecule has 3 unspecified atom stereocenters. The molecular weight excluding hydrogens is 590 g/mol. The van der Waals surface area contributed by atoms with Gasteiger partial charge in [0.05, 0.1) is 30.6 Å². The number of aliphatic hydroxyl groups excluding tert-OH is 1. The molecule has 3 heterocycles. The van der Waals surface area contributed by atoms with Crippen LogP contribution >= 0.6 is 15.9 Å². The Labute approximate surface area is 248 Å². The van der Waals surface area contributed by atoms with Crippen molar-refractivity contribution in [2.24, 2.45) is 11.8 Å². The summed E-state index contributed by atoms with van der Waals surface area (Å²) in [5.74, 6) is -4.20. The maximum absolute atomic E-state index is 14.7. The van der Waals surface area contributed by atoms with Crippen molar-refractivity contribution in [1.82, 2.24) is 4.90 Å². The van der Waals surface area contributed by atoms with Gasteiger partial charge in [0.1, 0.15) is 11.6 Å². The van der Waals surface area contributed by atoms with Crippen LogP contribution in [0.25, 0.3) is 0 Å². The van der Waals surface area contributed by atoms with E-state index in [2.05, 4.69) is 41.3 Å².